The van der Waals surface area contributed by atoms with Crippen molar-refractivity contribution < 1.29 is 9.53 Å². The first-order valence-electron chi connectivity index (χ1n) is 5.48. The molecule has 0 unspecified atom stereocenters. The predicted molar refractivity (Wildman–Crippen MR) is 72.8 cm³/mol. The van der Waals surface area contributed by atoms with Gasteiger partial charge in [-0.25, -0.2) is 0 Å². The SMILES string of the molecule is COc1cc(C)c(C)cc1CN(C)C(=O)CS. The summed E-state index contributed by atoms with van der Waals surface area (Å²) in [6.07, 6.45) is 0. The molecule has 0 radical (unpaired) electrons. The number of rotatable bonds is 4. The maximum absolute atomic E-state index is 11.5. The molecule has 1 rings (SSSR count). The fourth-order valence-corrected chi connectivity index (χ4v) is 1.87. The Morgan fingerprint density at radius 3 is 2.47 bits per heavy atom. The lowest BCUT2D eigenvalue weighted by molar-refractivity contribution is -0.127. The van der Waals surface area contributed by atoms with Gasteiger partial charge < -0.3 is 9.64 Å². The van der Waals surface area contributed by atoms with E-state index in [1.807, 2.05) is 13.0 Å². The van der Waals surface area contributed by atoms with E-state index in [0.717, 1.165) is 11.3 Å². The van der Waals surface area contributed by atoms with Crippen LogP contribution >= 0.6 is 12.6 Å². The van der Waals surface area contributed by atoms with Gasteiger partial charge in [0.15, 0.2) is 0 Å². The van der Waals surface area contributed by atoms with E-state index < -0.39 is 0 Å². The van der Waals surface area contributed by atoms with Crippen LogP contribution in [0.1, 0.15) is 16.7 Å². The molecule has 0 aliphatic carbocycles. The fraction of sp³-hybridized carbons (Fsp3) is 0.462. The number of carbonyl (C=O) groups excluding carboxylic acids is 1. The minimum absolute atomic E-state index is 0.00798. The molecule has 1 amide bonds. The molecule has 17 heavy (non-hydrogen) atoms. The highest BCUT2D eigenvalue weighted by molar-refractivity contribution is 7.81. The Kier molecular flexibility index (Phi) is 4.87. The molecule has 4 heteroatoms. The molecular weight excluding hydrogens is 234 g/mol. The second-order valence-corrected chi connectivity index (χ2v) is 4.47. The minimum atomic E-state index is 0.00798. The van der Waals surface area contributed by atoms with Crippen LogP contribution < -0.4 is 4.74 Å². The highest BCUT2D eigenvalue weighted by Crippen LogP contribution is 2.24. The average Bonchev–Trinajstić information content (AvgIpc) is 2.32. The molecule has 0 heterocycles. The maximum Gasteiger partial charge on any atom is 0.232 e. The van der Waals surface area contributed by atoms with Crippen LogP contribution in [0.3, 0.4) is 0 Å². The number of aryl methyl sites for hydroxylation is 2. The molecular formula is C13H19NO2S. The van der Waals surface area contributed by atoms with Crippen molar-refractivity contribution in [2.75, 3.05) is 19.9 Å². The van der Waals surface area contributed by atoms with E-state index in [4.69, 9.17) is 4.74 Å². The smallest absolute Gasteiger partial charge is 0.232 e. The van der Waals surface area contributed by atoms with E-state index in [0.29, 0.717) is 6.54 Å². The van der Waals surface area contributed by atoms with E-state index >= 15 is 0 Å². The molecule has 0 saturated heterocycles. The first-order chi connectivity index (χ1) is 7.99. The van der Waals surface area contributed by atoms with Gasteiger partial charge in [0.2, 0.25) is 5.91 Å². The molecule has 0 aliphatic heterocycles. The summed E-state index contributed by atoms with van der Waals surface area (Å²) < 4.78 is 5.34. The summed E-state index contributed by atoms with van der Waals surface area (Å²) in [6.45, 7) is 4.65. The number of benzene rings is 1. The first-order valence-corrected chi connectivity index (χ1v) is 6.11. The molecule has 0 bridgehead atoms. The van der Waals surface area contributed by atoms with Crippen LogP contribution in [0, 0.1) is 13.8 Å². The molecule has 94 valence electrons. The summed E-state index contributed by atoms with van der Waals surface area (Å²) in [5.74, 6) is 1.06. The van der Waals surface area contributed by atoms with Crippen molar-refractivity contribution in [1.29, 1.82) is 0 Å². The quantitative estimate of drug-likeness (QED) is 0.834. The third-order valence-corrected chi connectivity index (χ3v) is 3.14. The molecule has 0 saturated carbocycles. The lowest BCUT2D eigenvalue weighted by Crippen LogP contribution is -2.27. The summed E-state index contributed by atoms with van der Waals surface area (Å²) in [6, 6.07) is 4.07. The van der Waals surface area contributed by atoms with Gasteiger partial charge in [-0.05, 0) is 31.0 Å². The topological polar surface area (TPSA) is 29.5 Å². The lowest BCUT2D eigenvalue weighted by Gasteiger charge is -2.19. The second kappa shape index (κ2) is 5.96. The van der Waals surface area contributed by atoms with Gasteiger partial charge in [-0.15, -0.1) is 0 Å². The highest BCUT2D eigenvalue weighted by Gasteiger charge is 2.11. The molecule has 0 spiro atoms. The van der Waals surface area contributed by atoms with Crippen molar-refractivity contribution in [3.8, 4) is 5.75 Å². The van der Waals surface area contributed by atoms with Gasteiger partial charge in [0, 0.05) is 19.2 Å². The number of thiol groups is 1. The molecule has 3 nitrogen and oxygen atoms in total. The number of carbonyl (C=O) groups is 1. The largest absolute Gasteiger partial charge is 0.496 e. The number of nitrogens with zero attached hydrogens (tertiary/aromatic N) is 1. The monoisotopic (exact) mass is 253 g/mol. The zero-order valence-electron chi connectivity index (χ0n) is 10.8. The minimum Gasteiger partial charge on any atom is -0.496 e. The Hall–Kier alpha value is -1.16. The van der Waals surface area contributed by atoms with Gasteiger partial charge in [-0.2, -0.15) is 12.6 Å². The fourth-order valence-electron chi connectivity index (χ4n) is 1.63. The molecule has 1 aromatic rings. The molecule has 0 fully saturated rings. The standard InChI is InChI=1S/C13H19NO2S/c1-9-5-11(7-14(3)13(15)8-17)12(16-4)6-10(9)2/h5-6,17H,7-8H2,1-4H3. The molecule has 0 atom stereocenters. The molecule has 0 N–H and O–H groups in total. The summed E-state index contributed by atoms with van der Waals surface area (Å²) in [5.41, 5.74) is 3.41. The first kappa shape index (κ1) is 13.9. The summed E-state index contributed by atoms with van der Waals surface area (Å²) in [7, 11) is 3.42. The van der Waals surface area contributed by atoms with Crippen LogP contribution in [0.4, 0.5) is 0 Å². The van der Waals surface area contributed by atoms with E-state index in [9.17, 15) is 4.79 Å². The van der Waals surface area contributed by atoms with Gasteiger partial charge in [-0.3, -0.25) is 4.79 Å². The van der Waals surface area contributed by atoms with E-state index in [-0.39, 0.29) is 11.7 Å². The van der Waals surface area contributed by atoms with Crippen LogP contribution in [0.15, 0.2) is 12.1 Å². The summed E-state index contributed by atoms with van der Waals surface area (Å²) in [4.78, 5) is 13.1. The van der Waals surface area contributed by atoms with E-state index in [1.54, 1.807) is 19.1 Å². The van der Waals surface area contributed by atoms with Crippen molar-refractivity contribution in [3.63, 3.8) is 0 Å². The van der Waals surface area contributed by atoms with Crippen LogP contribution in [-0.4, -0.2) is 30.7 Å². The molecule has 0 aromatic heterocycles. The zero-order valence-corrected chi connectivity index (χ0v) is 11.7. The Labute approximate surface area is 108 Å². The van der Waals surface area contributed by atoms with Gasteiger partial charge in [0.1, 0.15) is 5.75 Å². The number of amides is 1. The third kappa shape index (κ3) is 3.40. The summed E-state index contributed by atoms with van der Waals surface area (Å²) >= 11 is 3.98. The zero-order chi connectivity index (χ0) is 13.0. The Morgan fingerprint density at radius 1 is 1.35 bits per heavy atom. The maximum atomic E-state index is 11.5. The molecule has 0 aliphatic rings. The van der Waals surface area contributed by atoms with E-state index in [1.165, 1.54) is 11.1 Å². The van der Waals surface area contributed by atoms with Gasteiger partial charge in [0.05, 0.1) is 12.9 Å². The van der Waals surface area contributed by atoms with Crippen molar-refractivity contribution in [3.05, 3.63) is 28.8 Å². The summed E-state index contributed by atoms with van der Waals surface area (Å²) in [5, 5.41) is 0. The Balaban J connectivity index is 2.97. The van der Waals surface area contributed by atoms with Gasteiger partial charge in [0.25, 0.3) is 0 Å². The van der Waals surface area contributed by atoms with Crippen molar-refractivity contribution in [2.24, 2.45) is 0 Å². The number of methoxy groups -OCH3 is 1. The van der Waals surface area contributed by atoms with Gasteiger partial charge in [-0.1, -0.05) is 6.07 Å². The lowest BCUT2D eigenvalue weighted by atomic mass is 10.0. The number of hydrogen-bond donors (Lipinski definition) is 1. The highest BCUT2D eigenvalue weighted by atomic mass is 32.1. The van der Waals surface area contributed by atoms with Crippen LogP contribution in [0.25, 0.3) is 0 Å². The van der Waals surface area contributed by atoms with E-state index in [2.05, 4.69) is 25.6 Å². The molecule has 1 aromatic carbocycles. The third-order valence-electron chi connectivity index (χ3n) is 2.87. The van der Waals surface area contributed by atoms with Crippen LogP contribution in [-0.2, 0) is 11.3 Å². The number of ether oxygens (including phenoxy) is 1. The number of hydrogen-bond acceptors (Lipinski definition) is 3. The van der Waals surface area contributed by atoms with Crippen molar-refractivity contribution >= 4 is 18.5 Å². The van der Waals surface area contributed by atoms with Crippen molar-refractivity contribution in [1.82, 2.24) is 4.90 Å². The Morgan fingerprint density at radius 2 is 1.94 bits per heavy atom. The van der Waals surface area contributed by atoms with Crippen LogP contribution in [0.2, 0.25) is 0 Å². The predicted octanol–water partition coefficient (Wildman–Crippen LogP) is 2.20. The average molecular weight is 253 g/mol. The van der Waals surface area contributed by atoms with Crippen LogP contribution in [0.5, 0.6) is 5.75 Å². The second-order valence-electron chi connectivity index (χ2n) is 4.16. The normalized spacial score (nSPS) is 10.2. The van der Waals surface area contributed by atoms with Crippen molar-refractivity contribution in [2.45, 2.75) is 20.4 Å². The van der Waals surface area contributed by atoms with Gasteiger partial charge >= 0.3 is 0 Å². The Bertz CT molecular complexity index is 418.